The van der Waals surface area contributed by atoms with E-state index in [2.05, 4.69) is 49.9 Å². The fraction of sp³-hybridized carbons (Fsp3) is 0.259. The molecule has 33 heavy (non-hydrogen) atoms. The Morgan fingerprint density at radius 1 is 0.970 bits per heavy atom. The van der Waals surface area contributed by atoms with Crippen molar-refractivity contribution >= 4 is 56.2 Å². The molecule has 0 amide bonds. The largest absolute Gasteiger partial charge is 0.370 e. The quantitative estimate of drug-likeness (QED) is 0.348. The van der Waals surface area contributed by atoms with Crippen LogP contribution in [0.1, 0.15) is 24.0 Å². The van der Waals surface area contributed by atoms with E-state index in [1.165, 1.54) is 17.8 Å². The van der Waals surface area contributed by atoms with E-state index in [1.807, 2.05) is 36.5 Å². The average molecular weight is 506 g/mol. The molecule has 6 heteroatoms. The van der Waals surface area contributed by atoms with Crippen molar-refractivity contribution in [2.24, 2.45) is 0 Å². The van der Waals surface area contributed by atoms with Gasteiger partial charge in [0.1, 0.15) is 0 Å². The van der Waals surface area contributed by atoms with Crippen LogP contribution in [0.3, 0.4) is 0 Å². The summed E-state index contributed by atoms with van der Waals surface area (Å²) in [5.74, 6) is -0.423. The summed E-state index contributed by atoms with van der Waals surface area (Å²) in [5, 5.41) is 1.12. The smallest absolute Gasteiger partial charge is 0.163 e. The van der Waals surface area contributed by atoms with Crippen molar-refractivity contribution in [3.05, 3.63) is 76.4 Å². The molecule has 0 atom stereocenters. The van der Waals surface area contributed by atoms with Gasteiger partial charge in [0.25, 0.3) is 0 Å². The summed E-state index contributed by atoms with van der Waals surface area (Å²) in [7, 11) is 2.16. The van der Waals surface area contributed by atoms with Gasteiger partial charge in [-0.05, 0) is 72.9 Å². The number of aromatic nitrogens is 1. The predicted octanol–water partition coefficient (Wildman–Crippen LogP) is 5.33. The van der Waals surface area contributed by atoms with Gasteiger partial charge in [0.2, 0.25) is 0 Å². The molecule has 0 spiro atoms. The molecule has 0 saturated carbocycles. The normalized spacial score (nSPS) is 15.5. The van der Waals surface area contributed by atoms with Crippen molar-refractivity contribution in [1.29, 1.82) is 0 Å². The average Bonchev–Trinajstić information content (AvgIpc) is 3.16. The van der Waals surface area contributed by atoms with Crippen molar-refractivity contribution in [1.82, 2.24) is 9.88 Å². The minimum absolute atomic E-state index is 0.144. The minimum Gasteiger partial charge on any atom is -0.370 e. The molecule has 2 heterocycles. The second-order valence-corrected chi connectivity index (χ2v) is 9.30. The number of nitrogens with one attached hydrogen (secondary N) is 1. The van der Waals surface area contributed by atoms with Gasteiger partial charge in [-0.3, -0.25) is 9.59 Å². The Labute approximate surface area is 202 Å². The summed E-state index contributed by atoms with van der Waals surface area (Å²) in [6.07, 6.45) is 9.35. The van der Waals surface area contributed by atoms with Crippen molar-refractivity contribution in [3.8, 4) is 0 Å². The Morgan fingerprint density at radius 3 is 2.61 bits per heavy atom. The molecule has 0 bridgehead atoms. The zero-order valence-corrected chi connectivity index (χ0v) is 20.3. The van der Waals surface area contributed by atoms with Crippen LogP contribution in [-0.4, -0.2) is 54.7 Å². The van der Waals surface area contributed by atoms with Gasteiger partial charge in [0, 0.05) is 41.5 Å². The molecule has 2 aromatic carbocycles. The van der Waals surface area contributed by atoms with Crippen molar-refractivity contribution < 1.29 is 9.59 Å². The third-order valence-corrected chi connectivity index (χ3v) is 6.59. The molecule has 1 aromatic heterocycles. The van der Waals surface area contributed by atoms with Gasteiger partial charge in [-0.25, -0.2) is 0 Å². The molecule has 1 fully saturated rings. The highest BCUT2D eigenvalue weighted by atomic mass is 79.9. The highest BCUT2D eigenvalue weighted by Crippen LogP contribution is 2.26. The highest BCUT2D eigenvalue weighted by molar-refractivity contribution is 9.10. The van der Waals surface area contributed by atoms with E-state index in [0.29, 0.717) is 0 Å². The fourth-order valence-electron chi connectivity index (χ4n) is 3.98. The second kappa shape index (κ2) is 10.8. The standard InChI is InChI=1S/C27H28BrN3O2/c1-30-13-2-14-31(16-15-30)23-8-6-21(26(28)18-23)7-10-25(33)19-24(32)9-4-20-3-5-22-11-12-29-27(22)17-20/h3-12,17-18,29H,2,13-16,19H2,1H3/b9-4+,10-7+. The van der Waals surface area contributed by atoms with E-state index in [-0.39, 0.29) is 18.0 Å². The molecular weight excluding hydrogens is 478 g/mol. The number of hydrogen-bond acceptors (Lipinski definition) is 4. The first-order valence-corrected chi connectivity index (χ1v) is 12.0. The van der Waals surface area contributed by atoms with E-state index in [9.17, 15) is 9.59 Å². The first-order valence-electron chi connectivity index (χ1n) is 11.2. The number of fused-ring (bicyclic) bond motifs is 1. The molecule has 0 radical (unpaired) electrons. The maximum absolute atomic E-state index is 12.3. The number of allylic oxidation sites excluding steroid dienone is 2. The monoisotopic (exact) mass is 505 g/mol. The van der Waals surface area contributed by atoms with Crippen LogP contribution in [0.2, 0.25) is 0 Å². The first kappa shape index (κ1) is 23.2. The predicted molar refractivity (Wildman–Crippen MR) is 139 cm³/mol. The van der Waals surface area contributed by atoms with Crippen molar-refractivity contribution in [2.75, 3.05) is 38.1 Å². The zero-order valence-electron chi connectivity index (χ0n) is 18.8. The number of halogens is 1. The van der Waals surface area contributed by atoms with Crippen LogP contribution < -0.4 is 4.90 Å². The lowest BCUT2D eigenvalue weighted by atomic mass is 10.1. The van der Waals surface area contributed by atoms with E-state index in [4.69, 9.17) is 0 Å². The molecule has 170 valence electrons. The number of benzene rings is 2. The molecule has 1 aliphatic heterocycles. The highest BCUT2D eigenvalue weighted by Gasteiger charge is 2.13. The topological polar surface area (TPSA) is 56.4 Å². The number of carbonyl (C=O) groups is 2. The Bertz CT molecular complexity index is 1210. The van der Waals surface area contributed by atoms with Gasteiger partial charge < -0.3 is 14.8 Å². The van der Waals surface area contributed by atoms with E-state index in [0.717, 1.165) is 59.1 Å². The summed E-state index contributed by atoms with van der Waals surface area (Å²) in [5.41, 5.74) is 4.03. The van der Waals surface area contributed by atoms with E-state index >= 15 is 0 Å². The lowest BCUT2D eigenvalue weighted by Crippen LogP contribution is -2.28. The number of rotatable bonds is 7. The van der Waals surface area contributed by atoms with Gasteiger partial charge in [0.05, 0.1) is 6.42 Å². The van der Waals surface area contributed by atoms with Gasteiger partial charge >= 0.3 is 0 Å². The molecule has 1 saturated heterocycles. The molecule has 5 nitrogen and oxygen atoms in total. The number of hydrogen-bond donors (Lipinski definition) is 1. The SMILES string of the molecule is CN1CCCN(c2ccc(/C=C/C(=O)CC(=O)/C=C/c3ccc4cc[nH]c4c3)c(Br)c2)CC1. The zero-order chi connectivity index (χ0) is 23.2. The van der Waals surface area contributed by atoms with Crippen LogP contribution in [0.15, 0.2) is 65.3 Å². The first-order chi connectivity index (χ1) is 16.0. The van der Waals surface area contributed by atoms with Crippen LogP contribution in [0, 0.1) is 0 Å². The molecule has 0 aliphatic carbocycles. The van der Waals surface area contributed by atoms with Crippen molar-refractivity contribution in [2.45, 2.75) is 12.8 Å². The summed E-state index contributed by atoms with van der Waals surface area (Å²) >= 11 is 3.63. The maximum Gasteiger partial charge on any atom is 0.163 e. The number of ketones is 2. The molecule has 1 N–H and O–H groups in total. The summed E-state index contributed by atoms with van der Waals surface area (Å²) in [4.78, 5) is 32.4. The van der Waals surface area contributed by atoms with Gasteiger partial charge in [-0.1, -0.05) is 46.3 Å². The number of carbonyl (C=O) groups excluding carboxylic acids is 2. The lowest BCUT2D eigenvalue weighted by molar-refractivity contribution is -0.121. The molecule has 3 aromatic rings. The number of aromatic amines is 1. The summed E-state index contributed by atoms with van der Waals surface area (Å²) in [6.45, 7) is 4.22. The Hall–Kier alpha value is -2.96. The van der Waals surface area contributed by atoms with Crippen LogP contribution in [0.25, 0.3) is 23.1 Å². The third kappa shape index (κ3) is 6.30. The molecular formula is C27H28BrN3O2. The second-order valence-electron chi connectivity index (χ2n) is 8.45. The van der Waals surface area contributed by atoms with Crippen molar-refractivity contribution in [3.63, 3.8) is 0 Å². The van der Waals surface area contributed by atoms with E-state index in [1.54, 1.807) is 12.2 Å². The van der Waals surface area contributed by atoms with Gasteiger partial charge in [-0.15, -0.1) is 0 Å². The minimum atomic E-state index is -0.212. The Balaban J connectivity index is 1.33. The number of nitrogens with zero attached hydrogens (tertiary/aromatic N) is 2. The molecule has 0 unspecified atom stereocenters. The Morgan fingerprint density at radius 2 is 1.79 bits per heavy atom. The van der Waals surface area contributed by atoms with Crippen LogP contribution >= 0.6 is 15.9 Å². The molecule has 4 rings (SSSR count). The number of H-pyrrole nitrogens is 1. The number of likely N-dealkylation sites (N-methyl/N-ethyl adjacent to an activating group) is 1. The summed E-state index contributed by atoms with van der Waals surface area (Å²) in [6, 6.07) is 14.1. The fourth-order valence-corrected chi connectivity index (χ4v) is 4.48. The molecule has 1 aliphatic rings. The maximum atomic E-state index is 12.3. The Kier molecular flexibility index (Phi) is 7.57. The van der Waals surface area contributed by atoms with Gasteiger partial charge in [0.15, 0.2) is 11.6 Å². The third-order valence-electron chi connectivity index (χ3n) is 5.91. The van der Waals surface area contributed by atoms with Crippen LogP contribution in [0.5, 0.6) is 0 Å². The summed E-state index contributed by atoms with van der Waals surface area (Å²) < 4.78 is 0.938. The van der Waals surface area contributed by atoms with Gasteiger partial charge in [-0.2, -0.15) is 0 Å². The number of anilines is 1. The lowest BCUT2D eigenvalue weighted by Gasteiger charge is -2.23. The van der Waals surface area contributed by atoms with Crippen LogP contribution in [0.4, 0.5) is 5.69 Å². The van der Waals surface area contributed by atoms with E-state index < -0.39 is 0 Å². The van der Waals surface area contributed by atoms with Crippen LogP contribution in [-0.2, 0) is 9.59 Å².